The van der Waals surface area contributed by atoms with Crippen molar-refractivity contribution in [2.24, 2.45) is 0 Å². The van der Waals surface area contributed by atoms with Gasteiger partial charge in [0.25, 0.3) is 0 Å². The molecule has 1 aliphatic heterocycles. The standard InChI is InChI=1S/C14H18N2O3S/c1-18-13(17)11-6-2-3-7-12(11)16-14(20)15-9-10-5-4-8-19-10/h2-3,6-7,10H,4-5,8-9H2,1H3,(H2,15,16,20). The Morgan fingerprint density at radius 3 is 3.00 bits per heavy atom. The van der Waals surface area contributed by atoms with E-state index in [0.717, 1.165) is 19.4 Å². The van der Waals surface area contributed by atoms with Crippen LogP contribution >= 0.6 is 12.2 Å². The van der Waals surface area contributed by atoms with Crippen LogP contribution in [0.4, 0.5) is 5.69 Å². The van der Waals surface area contributed by atoms with E-state index in [9.17, 15) is 4.79 Å². The largest absolute Gasteiger partial charge is 0.465 e. The molecule has 1 heterocycles. The summed E-state index contributed by atoms with van der Waals surface area (Å²) in [5.74, 6) is -0.393. The first-order valence-corrected chi connectivity index (χ1v) is 6.95. The normalized spacial score (nSPS) is 17.6. The second-order valence-corrected chi connectivity index (χ2v) is 4.92. The van der Waals surface area contributed by atoms with Crippen LogP contribution in [0.25, 0.3) is 0 Å². The van der Waals surface area contributed by atoms with Gasteiger partial charge in [0.05, 0.1) is 24.5 Å². The summed E-state index contributed by atoms with van der Waals surface area (Å²) in [6.45, 7) is 1.49. The molecule has 0 aromatic heterocycles. The monoisotopic (exact) mass is 294 g/mol. The molecule has 2 N–H and O–H groups in total. The van der Waals surface area contributed by atoms with E-state index in [1.807, 2.05) is 6.07 Å². The van der Waals surface area contributed by atoms with Crippen LogP contribution in [-0.4, -0.2) is 37.4 Å². The van der Waals surface area contributed by atoms with Crippen molar-refractivity contribution in [2.45, 2.75) is 18.9 Å². The van der Waals surface area contributed by atoms with E-state index in [1.54, 1.807) is 18.2 Å². The molecule has 0 amide bonds. The van der Waals surface area contributed by atoms with Gasteiger partial charge in [0.1, 0.15) is 0 Å². The Bertz CT molecular complexity index is 487. The molecule has 5 nitrogen and oxygen atoms in total. The Balaban J connectivity index is 1.91. The van der Waals surface area contributed by atoms with Gasteiger partial charge in [-0.25, -0.2) is 4.79 Å². The fourth-order valence-corrected chi connectivity index (χ4v) is 2.25. The van der Waals surface area contributed by atoms with Crippen molar-refractivity contribution >= 4 is 29.0 Å². The number of hydrogen-bond acceptors (Lipinski definition) is 4. The Hall–Kier alpha value is -1.66. The van der Waals surface area contributed by atoms with Crippen molar-refractivity contribution in [3.8, 4) is 0 Å². The van der Waals surface area contributed by atoms with Gasteiger partial charge in [-0.3, -0.25) is 0 Å². The van der Waals surface area contributed by atoms with E-state index in [0.29, 0.717) is 22.9 Å². The van der Waals surface area contributed by atoms with Crippen LogP contribution < -0.4 is 10.6 Å². The molecule has 1 fully saturated rings. The zero-order valence-electron chi connectivity index (χ0n) is 11.3. The topological polar surface area (TPSA) is 59.6 Å². The number of thiocarbonyl (C=S) groups is 1. The minimum Gasteiger partial charge on any atom is -0.465 e. The highest BCUT2D eigenvalue weighted by atomic mass is 32.1. The lowest BCUT2D eigenvalue weighted by Crippen LogP contribution is -2.35. The summed E-state index contributed by atoms with van der Waals surface area (Å²) in [6.07, 6.45) is 2.36. The Labute approximate surface area is 123 Å². The summed E-state index contributed by atoms with van der Waals surface area (Å²) in [4.78, 5) is 11.6. The first kappa shape index (κ1) is 14.7. The van der Waals surface area contributed by atoms with Crippen LogP contribution in [0.1, 0.15) is 23.2 Å². The second-order valence-electron chi connectivity index (χ2n) is 4.51. The molecule has 1 unspecified atom stereocenters. The molecule has 1 aromatic rings. The fourth-order valence-electron chi connectivity index (χ4n) is 2.06. The summed E-state index contributed by atoms with van der Waals surface area (Å²) >= 11 is 5.22. The first-order chi connectivity index (χ1) is 9.70. The molecular formula is C14H18N2O3S. The molecule has 0 saturated carbocycles. The second kappa shape index (κ2) is 7.21. The number of ether oxygens (including phenoxy) is 2. The summed E-state index contributed by atoms with van der Waals surface area (Å²) in [6, 6.07) is 7.08. The van der Waals surface area contributed by atoms with E-state index in [1.165, 1.54) is 7.11 Å². The van der Waals surface area contributed by atoms with Crippen LogP contribution in [0.15, 0.2) is 24.3 Å². The van der Waals surface area contributed by atoms with Crippen LogP contribution in [0.2, 0.25) is 0 Å². The molecule has 0 radical (unpaired) electrons. The van der Waals surface area contributed by atoms with Gasteiger partial charge in [0.2, 0.25) is 0 Å². The highest BCUT2D eigenvalue weighted by Gasteiger charge is 2.16. The molecule has 0 bridgehead atoms. The highest BCUT2D eigenvalue weighted by Crippen LogP contribution is 2.16. The third kappa shape index (κ3) is 3.91. The van der Waals surface area contributed by atoms with Gasteiger partial charge >= 0.3 is 5.97 Å². The predicted molar refractivity (Wildman–Crippen MR) is 81.0 cm³/mol. The molecule has 6 heteroatoms. The van der Waals surface area contributed by atoms with Crippen molar-refractivity contribution in [1.82, 2.24) is 5.32 Å². The van der Waals surface area contributed by atoms with Crippen LogP contribution in [0.3, 0.4) is 0 Å². The lowest BCUT2D eigenvalue weighted by molar-refractivity contribution is 0.0602. The van der Waals surface area contributed by atoms with Gasteiger partial charge in [-0.05, 0) is 37.2 Å². The van der Waals surface area contributed by atoms with Crippen molar-refractivity contribution in [3.05, 3.63) is 29.8 Å². The fraction of sp³-hybridized carbons (Fsp3) is 0.429. The quantitative estimate of drug-likeness (QED) is 0.654. The number of benzene rings is 1. The number of para-hydroxylation sites is 1. The lowest BCUT2D eigenvalue weighted by atomic mass is 10.2. The zero-order valence-corrected chi connectivity index (χ0v) is 12.2. The van der Waals surface area contributed by atoms with E-state index < -0.39 is 5.97 Å². The number of esters is 1. The van der Waals surface area contributed by atoms with E-state index in [2.05, 4.69) is 10.6 Å². The minimum absolute atomic E-state index is 0.214. The van der Waals surface area contributed by atoms with Crippen LogP contribution in [-0.2, 0) is 9.47 Å². The molecule has 1 aromatic carbocycles. The first-order valence-electron chi connectivity index (χ1n) is 6.54. The predicted octanol–water partition coefficient (Wildman–Crippen LogP) is 1.94. The maximum Gasteiger partial charge on any atom is 0.339 e. The molecule has 0 aliphatic carbocycles. The number of carbonyl (C=O) groups is 1. The smallest absolute Gasteiger partial charge is 0.339 e. The maximum absolute atomic E-state index is 11.6. The Morgan fingerprint density at radius 1 is 1.50 bits per heavy atom. The molecule has 2 rings (SSSR count). The molecule has 1 aliphatic rings. The average Bonchev–Trinajstić information content (AvgIpc) is 2.98. The van der Waals surface area contributed by atoms with Crippen LogP contribution in [0, 0.1) is 0 Å². The van der Waals surface area contributed by atoms with E-state index in [-0.39, 0.29) is 6.10 Å². The van der Waals surface area contributed by atoms with Crippen molar-refractivity contribution < 1.29 is 14.3 Å². The van der Waals surface area contributed by atoms with Gasteiger partial charge < -0.3 is 20.1 Å². The Kier molecular flexibility index (Phi) is 5.31. The van der Waals surface area contributed by atoms with E-state index >= 15 is 0 Å². The number of nitrogens with one attached hydrogen (secondary N) is 2. The van der Waals surface area contributed by atoms with Crippen LogP contribution in [0.5, 0.6) is 0 Å². The SMILES string of the molecule is COC(=O)c1ccccc1NC(=S)NCC1CCCO1. The lowest BCUT2D eigenvalue weighted by Gasteiger charge is -2.15. The number of rotatable bonds is 4. The number of anilines is 1. The summed E-state index contributed by atoms with van der Waals surface area (Å²) in [7, 11) is 1.35. The summed E-state index contributed by atoms with van der Waals surface area (Å²) < 4.78 is 10.2. The number of hydrogen-bond donors (Lipinski definition) is 2. The summed E-state index contributed by atoms with van der Waals surface area (Å²) in [5, 5.41) is 6.58. The van der Waals surface area contributed by atoms with Gasteiger partial charge in [0, 0.05) is 13.2 Å². The zero-order chi connectivity index (χ0) is 14.4. The van der Waals surface area contributed by atoms with Crippen molar-refractivity contribution in [1.29, 1.82) is 0 Å². The Morgan fingerprint density at radius 2 is 2.30 bits per heavy atom. The molecular weight excluding hydrogens is 276 g/mol. The molecule has 108 valence electrons. The third-order valence-electron chi connectivity index (χ3n) is 3.09. The van der Waals surface area contributed by atoms with Gasteiger partial charge in [-0.1, -0.05) is 12.1 Å². The van der Waals surface area contributed by atoms with Gasteiger partial charge in [-0.15, -0.1) is 0 Å². The minimum atomic E-state index is -0.393. The number of carbonyl (C=O) groups excluding carboxylic acids is 1. The number of methoxy groups -OCH3 is 1. The summed E-state index contributed by atoms with van der Waals surface area (Å²) in [5.41, 5.74) is 1.08. The van der Waals surface area contributed by atoms with Gasteiger partial charge in [0.15, 0.2) is 5.11 Å². The van der Waals surface area contributed by atoms with Crippen molar-refractivity contribution in [2.75, 3.05) is 25.6 Å². The van der Waals surface area contributed by atoms with E-state index in [4.69, 9.17) is 21.7 Å². The average molecular weight is 294 g/mol. The maximum atomic E-state index is 11.6. The highest BCUT2D eigenvalue weighted by molar-refractivity contribution is 7.80. The van der Waals surface area contributed by atoms with Crippen molar-refractivity contribution in [3.63, 3.8) is 0 Å². The molecule has 1 saturated heterocycles. The third-order valence-corrected chi connectivity index (χ3v) is 3.34. The van der Waals surface area contributed by atoms with Gasteiger partial charge in [-0.2, -0.15) is 0 Å². The molecule has 20 heavy (non-hydrogen) atoms. The molecule has 1 atom stereocenters. The molecule has 0 spiro atoms.